The minimum atomic E-state index is 1.31. The molecule has 0 bridgehead atoms. The van der Waals surface area contributed by atoms with Gasteiger partial charge in [-0.3, -0.25) is 0 Å². The molecule has 26 heavy (non-hydrogen) atoms. The van der Waals surface area contributed by atoms with Gasteiger partial charge in [-0.2, -0.15) is 0 Å². The number of rotatable bonds is 22. The van der Waals surface area contributed by atoms with Crippen molar-refractivity contribution in [1.82, 2.24) is 0 Å². The third kappa shape index (κ3) is 23.7. The highest BCUT2D eigenvalue weighted by Crippen LogP contribution is 2.13. The molecule has 0 aliphatic rings. The van der Waals surface area contributed by atoms with Crippen molar-refractivity contribution in [3.05, 3.63) is 12.2 Å². The lowest BCUT2D eigenvalue weighted by Gasteiger charge is -2.02. The van der Waals surface area contributed by atoms with Gasteiger partial charge in [-0.15, -0.1) is 0 Å². The number of hydrogen-bond acceptors (Lipinski definition) is 0. The van der Waals surface area contributed by atoms with Crippen LogP contribution < -0.4 is 0 Å². The van der Waals surface area contributed by atoms with E-state index in [4.69, 9.17) is 0 Å². The summed E-state index contributed by atoms with van der Waals surface area (Å²) in [6, 6.07) is 0. The Morgan fingerprint density at radius 1 is 0.308 bits per heavy atom. The van der Waals surface area contributed by atoms with Crippen LogP contribution in [0.4, 0.5) is 0 Å². The SMILES string of the molecule is CCCCCCCCC=CCCCCCCCCCCCCCCCC. The van der Waals surface area contributed by atoms with Crippen LogP contribution in [-0.2, 0) is 0 Å². The maximum Gasteiger partial charge on any atom is -0.0351 e. The first-order valence-electron chi connectivity index (χ1n) is 12.6. The van der Waals surface area contributed by atoms with Gasteiger partial charge in [-0.05, 0) is 25.7 Å². The Labute approximate surface area is 167 Å². The van der Waals surface area contributed by atoms with Crippen molar-refractivity contribution in [2.45, 2.75) is 155 Å². The summed E-state index contributed by atoms with van der Waals surface area (Å²) in [5.41, 5.74) is 0. The van der Waals surface area contributed by atoms with E-state index >= 15 is 0 Å². The van der Waals surface area contributed by atoms with Gasteiger partial charge in [-0.1, -0.05) is 142 Å². The molecule has 0 fully saturated rings. The zero-order valence-corrected chi connectivity index (χ0v) is 18.7. The molecular formula is C26H52. The van der Waals surface area contributed by atoms with E-state index < -0.39 is 0 Å². The largest absolute Gasteiger partial charge is 0.0885 e. The molecule has 0 nitrogen and oxygen atoms in total. The molecule has 0 N–H and O–H groups in total. The van der Waals surface area contributed by atoms with E-state index in [0.717, 1.165) is 0 Å². The van der Waals surface area contributed by atoms with Gasteiger partial charge < -0.3 is 0 Å². The Morgan fingerprint density at radius 2 is 0.538 bits per heavy atom. The van der Waals surface area contributed by atoms with Gasteiger partial charge in [0.1, 0.15) is 0 Å². The van der Waals surface area contributed by atoms with E-state index in [9.17, 15) is 0 Å². The molecule has 0 heteroatoms. The summed E-state index contributed by atoms with van der Waals surface area (Å²) in [7, 11) is 0. The highest BCUT2D eigenvalue weighted by Gasteiger charge is 1.94. The average Bonchev–Trinajstić information content (AvgIpc) is 2.66. The van der Waals surface area contributed by atoms with E-state index in [1.807, 2.05) is 0 Å². The quantitative estimate of drug-likeness (QED) is 0.132. The first-order chi connectivity index (χ1) is 12.9. The fraction of sp³-hybridized carbons (Fsp3) is 0.923. The van der Waals surface area contributed by atoms with Gasteiger partial charge in [0.15, 0.2) is 0 Å². The zero-order chi connectivity index (χ0) is 19.0. The second-order valence-electron chi connectivity index (χ2n) is 8.41. The highest BCUT2D eigenvalue weighted by molar-refractivity contribution is 4.81. The molecular weight excluding hydrogens is 312 g/mol. The van der Waals surface area contributed by atoms with Gasteiger partial charge in [0, 0.05) is 0 Å². The summed E-state index contributed by atoms with van der Waals surface area (Å²) in [4.78, 5) is 0. The van der Waals surface area contributed by atoms with Crippen molar-refractivity contribution in [2.75, 3.05) is 0 Å². The summed E-state index contributed by atoms with van der Waals surface area (Å²) in [5, 5.41) is 0. The minimum Gasteiger partial charge on any atom is -0.0885 e. The third-order valence-corrected chi connectivity index (χ3v) is 5.62. The number of hydrogen-bond donors (Lipinski definition) is 0. The van der Waals surface area contributed by atoms with Crippen LogP contribution in [0.1, 0.15) is 155 Å². The Bertz CT molecular complexity index is 253. The van der Waals surface area contributed by atoms with Crippen LogP contribution in [0.2, 0.25) is 0 Å². The molecule has 0 radical (unpaired) electrons. The molecule has 0 atom stereocenters. The van der Waals surface area contributed by atoms with Crippen molar-refractivity contribution in [2.24, 2.45) is 0 Å². The maximum absolute atomic E-state index is 2.44. The van der Waals surface area contributed by atoms with E-state index in [0.29, 0.717) is 0 Å². The topological polar surface area (TPSA) is 0 Å². The first-order valence-corrected chi connectivity index (χ1v) is 12.6. The third-order valence-electron chi connectivity index (χ3n) is 5.62. The average molecular weight is 365 g/mol. The zero-order valence-electron chi connectivity index (χ0n) is 18.7. The van der Waals surface area contributed by atoms with Crippen LogP contribution in [0, 0.1) is 0 Å². The Balaban J connectivity index is 3.03. The lowest BCUT2D eigenvalue weighted by Crippen LogP contribution is -1.83. The molecule has 0 amide bonds. The summed E-state index contributed by atoms with van der Waals surface area (Å²) in [5.74, 6) is 0. The van der Waals surface area contributed by atoms with E-state index in [2.05, 4.69) is 26.0 Å². The number of unbranched alkanes of at least 4 members (excludes halogenated alkanes) is 20. The monoisotopic (exact) mass is 364 g/mol. The summed E-state index contributed by atoms with van der Waals surface area (Å²) < 4.78 is 0. The molecule has 0 rings (SSSR count). The molecule has 0 spiro atoms. The molecule has 0 unspecified atom stereocenters. The normalized spacial score (nSPS) is 11.6. The van der Waals surface area contributed by atoms with Gasteiger partial charge in [0.25, 0.3) is 0 Å². The second kappa shape index (κ2) is 24.7. The van der Waals surface area contributed by atoms with Crippen LogP contribution in [-0.4, -0.2) is 0 Å². The van der Waals surface area contributed by atoms with Crippen LogP contribution in [0.5, 0.6) is 0 Å². The molecule has 0 aliphatic heterocycles. The predicted octanol–water partition coefficient (Wildman–Crippen LogP) is 10.2. The van der Waals surface area contributed by atoms with Crippen molar-refractivity contribution in [3.63, 3.8) is 0 Å². The fourth-order valence-electron chi connectivity index (χ4n) is 3.73. The van der Waals surface area contributed by atoms with Gasteiger partial charge >= 0.3 is 0 Å². The second-order valence-corrected chi connectivity index (χ2v) is 8.41. The lowest BCUT2D eigenvalue weighted by molar-refractivity contribution is 0.536. The Morgan fingerprint density at radius 3 is 0.808 bits per heavy atom. The smallest absolute Gasteiger partial charge is 0.0351 e. The predicted molar refractivity (Wildman–Crippen MR) is 122 cm³/mol. The molecule has 0 aromatic carbocycles. The van der Waals surface area contributed by atoms with E-state index in [-0.39, 0.29) is 0 Å². The molecule has 0 heterocycles. The van der Waals surface area contributed by atoms with Crippen molar-refractivity contribution in [1.29, 1.82) is 0 Å². The summed E-state index contributed by atoms with van der Waals surface area (Å²) in [6.07, 6.45) is 36.4. The first kappa shape index (κ1) is 25.7. The van der Waals surface area contributed by atoms with Crippen LogP contribution in [0.25, 0.3) is 0 Å². The number of allylic oxidation sites excluding steroid dienone is 2. The van der Waals surface area contributed by atoms with Crippen molar-refractivity contribution >= 4 is 0 Å². The Kier molecular flexibility index (Phi) is 24.5. The molecule has 156 valence electrons. The molecule has 0 saturated heterocycles. The van der Waals surface area contributed by atoms with E-state index in [1.165, 1.54) is 141 Å². The fourth-order valence-corrected chi connectivity index (χ4v) is 3.73. The molecule has 0 aromatic heterocycles. The summed E-state index contributed by atoms with van der Waals surface area (Å²) in [6.45, 7) is 4.59. The van der Waals surface area contributed by atoms with Crippen molar-refractivity contribution < 1.29 is 0 Å². The van der Waals surface area contributed by atoms with Crippen molar-refractivity contribution in [3.8, 4) is 0 Å². The van der Waals surface area contributed by atoms with Gasteiger partial charge in [0.05, 0.1) is 0 Å². The highest BCUT2D eigenvalue weighted by atomic mass is 14.0. The maximum atomic E-state index is 2.44. The standard InChI is InChI=1S/C26H52/c1-3-5-7-9-11-13-15-17-19-21-23-25-26-24-22-20-18-16-14-12-10-8-6-4-2/h17,19H,3-16,18,20-26H2,1-2H3. The summed E-state index contributed by atoms with van der Waals surface area (Å²) >= 11 is 0. The lowest BCUT2D eigenvalue weighted by atomic mass is 10.0. The van der Waals surface area contributed by atoms with Crippen LogP contribution in [0.3, 0.4) is 0 Å². The minimum absolute atomic E-state index is 1.31. The molecule has 0 aliphatic carbocycles. The molecule has 0 saturated carbocycles. The van der Waals surface area contributed by atoms with Crippen LogP contribution in [0.15, 0.2) is 12.2 Å². The van der Waals surface area contributed by atoms with E-state index in [1.54, 1.807) is 0 Å². The van der Waals surface area contributed by atoms with Gasteiger partial charge in [0.2, 0.25) is 0 Å². The van der Waals surface area contributed by atoms with Crippen LogP contribution >= 0.6 is 0 Å². The van der Waals surface area contributed by atoms with Gasteiger partial charge in [-0.25, -0.2) is 0 Å². The Hall–Kier alpha value is -0.260. The molecule has 0 aromatic rings.